The number of hydroxylamine groups is 1. The lowest BCUT2D eigenvalue weighted by molar-refractivity contribution is -0.126. The van der Waals surface area contributed by atoms with Gasteiger partial charge in [0.05, 0.1) is 0 Å². The molecular formula is C6H14N2O2. The van der Waals surface area contributed by atoms with Gasteiger partial charge in [-0.3, -0.25) is 4.79 Å². The average Bonchev–Trinajstić information content (AvgIpc) is 1.88. The van der Waals surface area contributed by atoms with E-state index in [0.717, 1.165) is 0 Å². The Labute approximate surface area is 60.6 Å². The van der Waals surface area contributed by atoms with Crippen molar-refractivity contribution >= 4 is 5.91 Å². The van der Waals surface area contributed by atoms with Gasteiger partial charge in [-0.1, -0.05) is 13.8 Å². The third kappa shape index (κ3) is 2.33. The minimum Gasteiger partial charge on any atom is -0.358 e. The molecule has 0 aliphatic carbocycles. The number of hydrogen-bond donors (Lipinski definition) is 3. The van der Waals surface area contributed by atoms with Crippen LogP contribution in [-0.2, 0) is 4.79 Å². The number of carbonyl (C=O) groups excluding carboxylic acids is 1. The second kappa shape index (κ2) is 4.24. The molecule has 0 rings (SSSR count). The summed E-state index contributed by atoms with van der Waals surface area (Å²) in [5.74, 6) is -0.109. The number of nitrogens with one attached hydrogen (secondary N) is 2. The molecular weight excluding hydrogens is 132 g/mol. The Morgan fingerprint density at radius 3 is 2.10 bits per heavy atom. The van der Waals surface area contributed by atoms with Crippen LogP contribution in [0, 0.1) is 5.92 Å². The zero-order chi connectivity index (χ0) is 8.15. The number of hydrogen-bond acceptors (Lipinski definition) is 3. The second-order valence-electron chi connectivity index (χ2n) is 2.47. The van der Waals surface area contributed by atoms with Crippen molar-refractivity contribution in [1.82, 2.24) is 10.8 Å². The molecule has 0 aromatic heterocycles. The second-order valence-corrected chi connectivity index (χ2v) is 2.47. The minimum absolute atomic E-state index is 0.0879. The van der Waals surface area contributed by atoms with Crippen LogP contribution in [0.1, 0.15) is 13.8 Å². The van der Waals surface area contributed by atoms with Crippen LogP contribution in [0.15, 0.2) is 0 Å². The van der Waals surface area contributed by atoms with Gasteiger partial charge in [0.25, 0.3) is 0 Å². The van der Waals surface area contributed by atoms with Gasteiger partial charge < -0.3 is 10.5 Å². The number of likely N-dealkylation sites (N-methyl/N-ethyl adjacent to an activating group) is 1. The van der Waals surface area contributed by atoms with Gasteiger partial charge >= 0.3 is 0 Å². The van der Waals surface area contributed by atoms with Crippen molar-refractivity contribution in [3.8, 4) is 0 Å². The van der Waals surface area contributed by atoms with Gasteiger partial charge in [-0.15, -0.1) is 0 Å². The molecule has 0 fully saturated rings. The first-order valence-corrected chi connectivity index (χ1v) is 3.24. The molecule has 4 heteroatoms. The summed E-state index contributed by atoms with van der Waals surface area (Å²) in [6, 6.07) is -0.509. The Hall–Kier alpha value is -0.610. The zero-order valence-corrected chi connectivity index (χ0v) is 6.51. The SMILES string of the molecule is CNC(=O)C(NO)C(C)C. The van der Waals surface area contributed by atoms with Crippen molar-refractivity contribution in [3.63, 3.8) is 0 Å². The molecule has 0 spiro atoms. The van der Waals surface area contributed by atoms with Gasteiger partial charge in [-0.2, -0.15) is 5.48 Å². The molecule has 4 nitrogen and oxygen atoms in total. The Bertz CT molecular complexity index is 114. The summed E-state index contributed by atoms with van der Waals surface area (Å²) in [5, 5.41) is 10.9. The maximum atomic E-state index is 10.9. The summed E-state index contributed by atoms with van der Waals surface area (Å²) < 4.78 is 0. The first kappa shape index (κ1) is 9.39. The van der Waals surface area contributed by atoms with E-state index in [9.17, 15) is 4.79 Å². The van der Waals surface area contributed by atoms with Crippen LogP contribution in [-0.4, -0.2) is 24.2 Å². The molecule has 0 bridgehead atoms. The van der Waals surface area contributed by atoms with Crippen LogP contribution < -0.4 is 10.8 Å². The molecule has 0 aromatic carbocycles. The summed E-state index contributed by atoms with van der Waals surface area (Å²) in [6.45, 7) is 3.70. The first-order chi connectivity index (χ1) is 4.63. The molecule has 60 valence electrons. The molecule has 1 amide bonds. The van der Waals surface area contributed by atoms with Crippen molar-refractivity contribution in [1.29, 1.82) is 0 Å². The Kier molecular flexibility index (Phi) is 3.99. The van der Waals surface area contributed by atoms with Crippen molar-refractivity contribution in [3.05, 3.63) is 0 Å². The molecule has 0 heterocycles. The zero-order valence-electron chi connectivity index (χ0n) is 6.51. The van der Waals surface area contributed by atoms with E-state index >= 15 is 0 Å². The molecule has 0 aromatic rings. The third-order valence-corrected chi connectivity index (χ3v) is 1.33. The Balaban J connectivity index is 3.93. The van der Waals surface area contributed by atoms with Gasteiger partial charge in [0.2, 0.25) is 5.91 Å². The Morgan fingerprint density at radius 1 is 1.50 bits per heavy atom. The minimum atomic E-state index is -0.509. The highest BCUT2D eigenvalue weighted by Crippen LogP contribution is 1.99. The molecule has 10 heavy (non-hydrogen) atoms. The molecule has 0 radical (unpaired) electrons. The van der Waals surface area contributed by atoms with Crippen LogP contribution in [0.5, 0.6) is 0 Å². The van der Waals surface area contributed by atoms with Crippen LogP contribution in [0.25, 0.3) is 0 Å². The van der Waals surface area contributed by atoms with Gasteiger partial charge in [-0.05, 0) is 5.92 Å². The number of amides is 1. The van der Waals surface area contributed by atoms with E-state index in [2.05, 4.69) is 5.32 Å². The fourth-order valence-corrected chi connectivity index (χ4v) is 0.666. The monoisotopic (exact) mass is 146 g/mol. The van der Waals surface area contributed by atoms with E-state index in [0.29, 0.717) is 0 Å². The molecule has 1 unspecified atom stereocenters. The van der Waals surface area contributed by atoms with E-state index in [4.69, 9.17) is 5.21 Å². The number of carbonyl (C=O) groups is 1. The largest absolute Gasteiger partial charge is 0.358 e. The van der Waals surface area contributed by atoms with E-state index in [1.807, 2.05) is 19.3 Å². The van der Waals surface area contributed by atoms with E-state index in [1.165, 1.54) is 7.05 Å². The summed E-state index contributed by atoms with van der Waals surface area (Å²) in [6.07, 6.45) is 0. The first-order valence-electron chi connectivity index (χ1n) is 3.24. The lowest BCUT2D eigenvalue weighted by Gasteiger charge is -2.16. The quantitative estimate of drug-likeness (QED) is 0.480. The lowest BCUT2D eigenvalue weighted by Crippen LogP contribution is -2.44. The van der Waals surface area contributed by atoms with Crippen molar-refractivity contribution < 1.29 is 10.0 Å². The average molecular weight is 146 g/mol. The Morgan fingerprint density at radius 2 is 2.00 bits per heavy atom. The lowest BCUT2D eigenvalue weighted by atomic mass is 10.1. The summed E-state index contributed by atoms with van der Waals surface area (Å²) >= 11 is 0. The third-order valence-electron chi connectivity index (χ3n) is 1.33. The predicted molar refractivity (Wildman–Crippen MR) is 37.6 cm³/mol. The van der Waals surface area contributed by atoms with Crippen molar-refractivity contribution in [2.45, 2.75) is 19.9 Å². The van der Waals surface area contributed by atoms with Crippen LogP contribution in [0.2, 0.25) is 0 Å². The maximum absolute atomic E-state index is 10.9. The summed E-state index contributed by atoms with van der Waals surface area (Å²) in [7, 11) is 1.54. The van der Waals surface area contributed by atoms with E-state index in [-0.39, 0.29) is 11.8 Å². The highest BCUT2D eigenvalue weighted by atomic mass is 16.5. The van der Waals surface area contributed by atoms with Gasteiger partial charge in [0, 0.05) is 7.05 Å². The number of rotatable bonds is 3. The standard InChI is InChI=1S/C6H14N2O2/c1-4(2)5(8-10)6(9)7-3/h4-5,8,10H,1-3H3,(H,7,9). The molecule has 0 saturated carbocycles. The van der Waals surface area contributed by atoms with Crippen LogP contribution in [0.4, 0.5) is 0 Å². The highest BCUT2D eigenvalue weighted by Gasteiger charge is 2.18. The van der Waals surface area contributed by atoms with E-state index in [1.54, 1.807) is 0 Å². The van der Waals surface area contributed by atoms with Gasteiger partial charge in [0.15, 0.2) is 0 Å². The topological polar surface area (TPSA) is 61.4 Å². The fraction of sp³-hybridized carbons (Fsp3) is 0.833. The molecule has 0 aliphatic heterocycles. The van der Waals surface area contributed by atoms with Crippen molar-refractivity contribution in [2.24, 2.45) is 5.92 Å². The summed E-state index contributed by atoms with van der Waals surface area (Å²) in [5.41, 5.74) is 1.94. The van der Waals surface area contributed by atoms with Gasteiger partial charge in [0.1, 0.15) is 6.04 Å². The van der Waals surface area contributed by atoms with Gasteiger partial charge in [-0.25, -0.2) is 0 Å². The highest BCUT2D eigenvalue weighted by molar-refractivity contribution is 5.81. The maximum Gasteiger partial charge on any atom is 0.239 e. The molecule has 0 saturated heterocycles. The smallest absolute Gasteiger partial charge is 0.239 e. The molecule has 1 atom stereocenters. The molecule has 3 N–H and O–H groups in total. The van der Waals surface area contributed by atoms with Crippen LogP contribution in [0.3, 0.4) is 0 Å². The normalized spacial score (nSPS) is 13.3. The van der Waals surface area contributed by atoms with Crippen LogP contribution >= 0.6 is 0 Å². The fourth-order valence-electron chi connectivity index (χ4n) is 0.666. The van der Waals surface area contributed by atoms with E-state index < -0.39 is 6.04 Å². The molecule has 0 aliphatic rings. The summed E-state index contributed by atoms with van der Waals surface area (Å²) in [4.78, 5) is 10.9. The predicted octanol–water partition coefficient (Wildman–Crippen LogP) is -0.264. The van der Waals surface area contributed by atoms with Crippen molar-refractivity contribution in [2.75, 3.05) is 7.05 Å².